The Morgan fingerprint density at radius 3 is 3.00 bits per heavy atom. The van der Waals surface area contributed by atoms with Crippen LogP contribution in [0.4, 0.5) is 0 Å². The number of likely N-dealkylation sites (tertiary alicyclic amines) is 1. The lowest BCUT2D eigenvalue weighted by Crippen LogP contribution is -2.48. The highest BCUT2D eigenvalue weighted by Gasteiger charge is 2.21. The zero-order valence-electron chi connectivity index (χ0n) is 10.9. The maximum atomic E-state index is 5.78. The number of hydrogen-bond donors (Lipinski definition) is 1. The fourth-order valence-electron chi connectivity index (χ4n) is 1.92. The lowest BCUT2D eigenvalue weighted by molar-refractivity contribution is 0.0163. The van der Waals surface area contributed by atoms with Crippen LogP contribution in [0.3, 0.4) is 0 Å². The van der Waals surface area contributed by atoms with Crippen molar-refractivity contribution in [1.82, 2.24) is 10.2 Å². The third-order valence-corrected chi connectivity index (χ3v) is 3.21. The minimum atomic E-state index is 0.339. The van der Waals surface area contributed by atoms with E-state index in [0.717, 1.165) is 50.6 Å². The van der Waals surface area contributed by atoms with Gasteiger partial charge in [-0.3, -0.25) is 0 Å². The van der Waals surface area contributed by atoms with Crippen LogP contribution in [0.2, 0.25) is 0 Å². The molecule has 0 aromatic heterocycles. The highest BCUT2D eigenvalue weighted by Crippen LogP contribution is 2.13. The molecule has 0 aliphatic carbocycles. The maximum absolute atomic E-state index is 5.78. The van der Waals surface area contributed by atoms with Gasteiger partial charge in [-0.1, -0.05) is 6.92 Å². The zero-order valence-corrected chi connectivity index (χ0v) is 11.7. The van der Waals surface area contributed by atoms with Gasteiger partial charge in [0.1, 0.15) is 0 Å². The fraction of sp³-hybridized carbons (Fsp3) is 0.917. The highest BCUT2D eigenvalue weighted by atomic mass is 32.1. The molecule has 0 saturated carbocycles. The molecule has 0 aromatic rings. The van der Waals surface area contributed by atoms with Gasteiger partial charge in [-0.2, -0.15) is 0 Å². The first-order valence-corrected chi connectivity index (χ1v) is 6.82. The molecular formula is C12H24N2O2S. The van der Waals surface area contributed by atoms with E-state index in [-0.39, 0.29) is 0 Å². The summed E-state index contributed by atoms with van der Waals surface area (Å²) in [5.74, 6) is 0. The van der Waals surface area contributed by atoms with Gasteiger partial charge in [-0.05, 0) is 31.5 Å². The topological polar surface area (TPSA) is 33.7 Å². The number of hydrogen-bond acceptors (Lipinski definition) is 3. The molecule has 1 heterocycles. The van der Waals surface area contributed by atoms with Crippen molar-refractivity contribution in [2.45, 2.75) is 32.3 Å². The maximum Gasteiger partial charge on any atom is 0.169 e. The molecule has 1 saturated heterocycles. The van der Waals surface area contributed by atoms with Gasteiger partial charge in [-0.15, -0.1) is 0 Å². The van der Waals surface area contributed by atoms with Crippen molar-refractivity contribution in [3.05, 3.63) is 0 Å². The van der Waals surface area contributed by atoms with E-state index in [4.69, 9.17) is 21.7 Å². The summed E-state index contributed by atoms with van der Waals surface area (Å²) in [6.07, 6.45) is 3.72. The van der Waals surface area contributed by atoms with Gasteiger partial charge in [-0.25, -0.2) is 0 Å². The highest BCUT2D eigenvalue weighted by molar-refractivity contribution is 7.80. The Labute approximate surface area is 110 Å². The van der Waals surface area contributed by atoms with Crippen molar-refractivity contribution < 1.29 is 9.47 Å². The average Bonchev–Trinajstić information content (AvgIpc) is 2.37. The second kappa shape index (κ2) is 8.66. The van der Waals surface area contributed by atoms with Crippen LogP contribution in [-0.2, 0) is 9.47 Å². The predicted octanol–water partition coefficient (Wildman–Crippen LogP) is 1.40. The number of rotatable bonds is 6. The molecule has 5 heteroatoms. The molecule has 1 rings (SSSR count). The number of methoxy groups -OCH3 is 1. The van der Waals surface area contributed by atoms with Crippen molar-refractivity contribution in [3.63, 3.8) is 0 Å². The molecular weight excluding hydrogens is 236 g/mol. The van der Waals surface area contributed by atoms with Gasteiger partial charge in [0.15, 0.2) is 5.11 Å². The van der Waals surface area contributed by atoms with E-state index in [0.29, 0.717) is 12.7 Å². The number of thiocarbonyl (C=S) groups is 1. The van der Waals surface area contributed by atoms with Crippen LogP contribution in [0.25, 0.3) is 0 Å². The first kappa shape index (κ1) is 14.7. The smallest absolute Gasteiger partial charge is 0.169 e. The second-order valence-electron chi connectivity index (χ2n) is 4.31. The van der Waals surface area contributed by atoms with Gasteiger partial charge in [0.25, 0.3) is 0 Å². The third-order valence-electron chi connectivity index (χ3n) is 2.81. The van der Waals surface area contributed by atoms with Crippen LogP contribution in [0, 0.1) is 0 Å². The molecule has 1 unspecified atom stereocenters. The van der Waals surface area contributed by atoms with E-state index in [9.17, 15) is 0 Å². The van der Waals surface area contributed by atoms with Crippen molar-refractivity contribution in [2.24, 2.45) is 0 Å². The lowest BCUT2D eigenvalue weighted by Gasteiger charge is -2.34. The summed E-state index contributed by atoms with van der Waals surface area (Å²) in [5, 5.41) is 4.03. The fourth-order valence-corrected chi connectivity index (χ4v) is 2.18. The average molecular weight is 260 g/mol. The summed E-state index contributed by atoms with van der Waals surface area (Å²) in [6, 6.07) is 0. The minimum absolute atomic E-state index is 0.339. The van der Waals surface area contributed by atoms with E-state index < -0.39 is 0 Å². The monoisotopic (exact) mass is 260 g/mol. The van der Waals surface area contributed by atoms with Gasteiger partial charge in [0, 0.05) is 33.4 Å². The van der Waals surface area contributed by atoms with Gasteiger partial charge in [0.05, 0.1) is 12.7 Å². The van der Waals surface area contributed by atoms with Gasteiger partial charge in [0.2, 0.25) is 0 Å². The second-order valence-corrected chi connectivity index (χ2v) is 4.69. The molecule has 17 heavy (non-hydrogen) atoms. The number of nitrogens with one attached hydrogen (secondary N) is 1. The largest absolute Gasteiger partial charge is 0.383 e. The van der Waals surface area contributed by atoms with Crippen LogP contribution in [0.1, 0.15) is 26.2 Å². The molecule has 0 bridgehead atoms. The normalized spacial score (nSPS) is 20.4. The van der Waals surface area contributed by atoms with E-state index in [1.807, 2.05) is 0 Å². The molecule has 1 N–H and O–H groups in total. The molecule has 1 aliphatic heterocycles. The van der Waals surface area contributed by atoms with E-state index in [2.05, 4.69) is 17.1 Å². The van der Waals surface area contributed by atoms with Gasteiger partial charge >= 0.3 is 0 Å². The number of ether oxygens (including phenoxy) is 2. The molecule has 1 fully saturated rings. The van der Waals surface area contributed by atoms with Crippen LogP contribution in [0.5, 0.6) is 0 Å². The standard InChI is InChI=1S/C12H24N2O2S/c1-3-8-16-11-5-4-7-14(10-11)12(17)13-6-9-15-2/h11H,3-10H2,1-2H3,(H,13,17). The zero-order chi connectivity index (χ0) is 12.5. The molecule has 0 amide bonds. The Bertz CT molecular complexity index is 227. The van der Waals surface area contributed by atoms with Crippen molar-refractivity contribution in [3.8, 4) is 0 Å². The van der Waals surface area contributed by atoms with Crippen molar-refractivity contribution in [1.29, 1.82) is 0 Å². The number of piperidine rings is 1. The molecule has 100 valence electrons. The van der Waals surface area contributed by atoms with E-state index >= 15 is 0 Å². The molecule has 1 atom stereocenters. The summed E-state index contributed by atoms with van der Waals surface area (Å²) in [5.41, 5.74) is 0. The van der Waals surface area contributed by atoms with Crippen LogP contribution >= 0.6 is 12.2 Å². The number of nitrogens with zero attached hydrogens (tertiary/aromatic N) is 1. The van der Waals surface area contributed by atoms with Crippen molar-refractivity contribution >= 4 is 17.3 Å². The summed E-state index contributed by atoms with van der Waals surface area (Å²) >= 11 is 5.36. The molecule has 0 radical (unpaired) electrons. The molecule has 4 nitrogen and oxygen atoms in total. The van der Waals surface area contributed by atoms with Crippen LogP contribution in [0.15, 0.2) is 0 Å². The lowest BCUT2D eigenvalue weighted by atomic mass is 10.1. The first-order valence-electron chi connectivity index (χ1n) is 6.41. The van der Waals surface area contributed by atoms with Crippen molar-refractivity contribution in [2.75, 3.05) is 40.0 Å². The predicted molar refractivity (Wildman–Crippen MR) is 73.3 cm³/mol. The third kappa shape index (κ3) is 5.66. The molecule has 0 aromatic carbocycles. The Kier molecular flexibility index (Phi) is 7.48. The SMILES string of the molecule is CCCOC1CCCN(C(=S)NCCOC)C1. The summed E-state index contributed by atoms with van der Waals surface area (Å²) in [4.78, 5) is 2.20. The van der Waals surface area contributed by atoms with Crippen LogP contribution in [-0.4, -0.2) is 56.1 Å². The quantitative estimate of drug-likeness (QED) is 0.577. The molecule has 1 aliphatic rings. The summed E-state index contributed by atoms with van der Waals surface area (Å²) < 4.78 is 10.8. The Morgan fingerprint density at radius 1 is 1.47 bits per heavy atom. The Morgan fingerprint density at radius 2 is 2.29 bits per heavy atom. The van der Waals surface area contributed by atoms with E-state index in [1.165, 1.54) is 0 Å². The van der Waals surface area contributed by atoms with E-state index in [1.54, 1.807) is 7.11 Å². The summed E-state index contributed by atoms with van der Waals surface area (Å²) in [7, 11) is 1.69. The Hall–Kier alpha value is -0.390. The van der Waals surface area contributed by atoms with Crippen LogP contribution < -0.4 is 5.32 Å². The summed E-state index contributed by atoms with van der Waals surface area (Å²) in [6.45, 7) is 6.39. The van der Waals surface area contributed by atoms with Gasteiger partial charge < -0.3 is 19.7 Å². The minimum Gasteiger partial charge on any atom is -0.383 e. The Balaban J connectivity index is 2.25. The molecule has 0 spiro atoms. The first-order chi connectivity index (χ1) is 8.27.